The molecule has 0 spiro atoms. The Kier molecular flexibility index (Phi) is 4.35. The van der Waals surface area contributed by atoms with Crippen LogP contribution < -0.4 is 4.74 Å². The number of nitrogens with one attached hydrogen (secondary N) is 1. The van der Waals surface area contributed by atoms with Crippen molar-refractivity contribution in [3.05, 3.63) is 54.1 Å². The summed E-state index contributed by atoms with van der Waals surface area (Å²) >= 11 is 0. The maximum absolute atomic E-state index is 6.94. The zero-order chi connectivity index (χ0) is 11.1. The largest absolute Gasteiger partial charge is 0.489 e. The van der Waals surface area contributed by atoms with Crippen molar-refractivity contribution < 1.29 is 4.74 Å². The van der Waals surface area contributed by atoms with Crippen LogP contribution in [0.4, 0.5) is 0 Å². The van der Waals surface area contributed by atoms with E-state index in [1.807, 2.05) is 31.2 Å². The Morgan fingerprint density at radius 3 is 2.60 bits per heavy atom. The van der Waals surface area contributed by atoms with E-state index in [0.29, 0.717) is 6.61 Å². The van der Waals surface area contributed by atoms with E-state index in [-0.39, 0.29) is 0 Å². The Bertz CT molecular complexity index is 363. The molecule has 0 heterocycles. The minimum Gasteiger partial charge on any atom is -0.489 e. The van der Waals surface area contributed by atoms with Crippen molar-refractivity contribution in [1.82, 2.24) is 0 Å². The van der Waals surface area contributed by atoms with Gasteiger partial charge in [0.05, 0.1) is 0 Å². The van der Waals surface area contributed by atoms with Crippen LogP contribution in [0.25, 0.3) is 0 Å². The summed E-state index contributed by atoms with van der Waals surface area (Å²) in [6, 6.07) is 7.87. The van der Waals surface area contributed by atoms with Gasteiger partial charge in [0.15, 0.2) is 0 Å². The second-order valence-electron chi connectivity index (χ2n) is 3.21. The number of ether oxygens (including phenoxy) is 1. The standard InChI is InChI=1S/C13H15NO/c1-3-12(8-9-14)10-15-13-6-4-11(2)5-7-13/h3-9,14H,1,10H2,2H3/b12-8+,14-9?. The average Bonchev–Trinajstić information content (AvgIpc) is 2.26. The van der Waals surface area contributed by atoms with Crippen molar-refractivity contribution >= 4 is 6.21 Å². The molecule has 0 amide bonds. The van der Waals surface area contributed by atoms with E-state index < -0.39 is 0 Å². The second-order valence-corrected chi connectivity index (χ2v) is 3.21. The van der Waals surface area contributed by atoms with E-state index in [0.717, 1.165) is 11.3 Å². The molecule has 0 saturated heterocycles. The third kappa shape index (κ3) is 3.81. The molecule has 0 saturated carbocycles. The Morgan fingerprint density at radius 2 is 2.07 bits per heavy atom. The lowest BCUT2D eigenvalue weighted by Gasteiger charge is -2.06. The predicted molar refractivity (Wildman–Crippen MR) is 63.7 cm³/mol. The van der Waals surface area contributed by atoms with Crippen LogP contribution in [0.15, 0.2) is 48.6 Å². The topological polar surface area (TPSA) is 33.1 Å². The summed E-state index contributed by atoms with van der Waals surface area (Å²) in [4.78, 5) is 0. The lowest BCUT2D eigenvalue weighted by molar-refractivity contribution is 0.356. The minimum atomic E-state index is 0.446. The maximum atomic E-state index is 6.94. The van der Waals surface area contributed by atoms with E-state index in [4.69, 9.17) is 10.1 Å². The van der Waals surface area contributed by atoms with E-state index >= 15 is 0 Å². The number of hydrogen-bond acceptors (Lipinski definition) is 2. The molecule has 0 bridgehead atoms. The molecule has 1 N–H and O–H groups in total. The fourth-order valence-corrected chi connectivity index (χ4v) is 1.08. The van der Waals surface area contributed by atoms with E-state index in [1.54, 1.807) is 12.2 Å². The van der Waals surface area contributed by atoms with Gasteiger partial charge in [0, 0.05) is 6.21 Å². The van der Waals surface area contributed by atoms with Crippen LogP contribution in [0.1, 0.15) is 5.56 Å². The molecule has 0 aliphatic rings. The Morgan fingerprint density at radius 1 is 1.40 bits per heavy atom. The van der Waals surface area contributed by atoms with Gasteiger partial charge in [-0.25, -0.2) is 0 Å². The van der Waals surface area contributed by atoms with Crippen molar-refractivity contribution in [1.29, 1.82) is 5.41 Å². The quantitative estimate of drug-likeness (QED) is 0.576. The molecular formula is C13H15NO. The van der Waals surface area contributed by atoms with Gasteiger partial charge in [-0.15, -0.1) is 0 Å². The van der Waals surface area contributed by atoms with E-state index in [2.05, 4.69) is 6.58 Å². The summed E-state index contributed by atoms with van der Waals surface area (Å²) in [6.45, 7) is 6.14. The molecule has 78 valence electrons. The number of allylic oxidation sites excluding steroid dienone is 1. The molecule has 2 heteroatoms. The number of hydrogen-bond donors (Lipinski definition) is 1. The monoisotopic (exact) mass is 201 g/mol. The van der Waals surface area contributed by atoms with Crippen molar-refractivity contribution in [2.45, 2.75) is 6.92 Å². The van der Waals surface area contributed by atoms with Gasteiger partial charge in [0.1, 0.15) is 12.4 Å². The number of aryl methyl sites for hydroxylation is 1. The van der Waals surface area contributed by atoms with Gasteiger partial charge in [-0.3, -0.25) is 0 Å². The average molecular weight is 201 g/mol. The molecule has 1 aromatic rings. The highest BCUT2D eigenvalue weighted by Gasteiger charge is 1.94. The van der Waals surface area contributed by atoms with Gasteiger partial charge in [0.2, 0.25) is 0 Å². The molecule has 1 rings (SSSR count). The zero-order valence-corrected chi connectivity index (χ0v) is 8.86. The SMILES string of the molecule is C=C/C(=C\C=N)COc1ccc(C)cc1. The summed E-state index contributed by atoms with van der Waals surface area (Å²) in [5, 5.41) is 6.94. The molecule has 0 fully saturated rings. The molecule has 0 atom stereocenters. The minimum absolute atomic E-state index is 0.446. The molecular weight excluding hydrogens is 186 g/mol. The molecule has 1 aromatic carbocycles. The third-order valence-corrected chi connectivity index (χ3v) is 1.99. The van der Waals surface area contributed by atoms with Crippen molar-refractivity contribution in [3.63, 3.8) is 0 Å². The first-order valence-corrected chi connectivity index (χ1v) is 4.78. The van der Waals surface area contributed by atoms with Crippen molar-refractivity contribution in [3.8, 4) is 5.75 Å². The van der Waals surface area contributed by atoms with Gasteiger partial charge < -0.3 is 10.1 Å². The summed E-state index contributed by atoms with van der Waals surface area (Å²) in [7, 11) is 0. The molecule has 15 heavy (non-hydrogen) atoms. The summed E-state index contributed by atoms with van der Waals surface area (Å²) < 4.78 is 5.52. The first kappa shape index (κ1) is 11.2. The fraction of sp³-hybridized carbons (Fsp3) is 0.154. The predicted octanol–water partition coefficient (Wildman–Crippen LogP) is 3.14. The lowest BCUT2D eigenvalue weighted by Crippen LogP contribution is -1.99. The third-order valence-electron chi connectivity index (χ3n) is 1.99. The Labute approximate surface area is 90.4 Å². The smallest absolute Gasteiger partial charge is 0.119 e. The van der Waals surface area contributed by atoms with Crippen LogP contribution in [0, 0.1) is 12.3 Å². The van der Waals surface area contributed by atoms with Gasteiger partial charge in [-0.1, -0.05) is 30.4 Å². The Hall–Kier alpha value is -1.83. The highest BCUT2D eigenvalue weighted by molar-refractivity contribution is 5.69. The normalized spacial score (nSPS) is 10.9. The van der Waals surface area contributed by atoms with Gasteiger partial charge in [-0.05, 0) is 30.7 Å². The second kappa shape index (κ2) is 5.81. The molecule has 0 radical (unpaired) electrons. The van der Waals surface area contributed by atoms with Gasteiger partial charge in [-0.2, -0.15) is 0 Å². The molecule has 0 aliphatic carbocycles. The van der Waals surface area contributed by atoms with Crippen molar-refractivity contribution in [2.75, 3.05) is 6.61 Å². The molecule has 0 aliphatic heterocycles. The highest BCUT2D eigenvalue weighted by atomic mass is 16.5. The fourth-order valence-electron chi connectivity index (χ4n) is 1.08. The van der Waals surface area contributed by atoms with Crippen LogP contribution in [0.3, 0.4) is 0 Å². The van der Waals surface area contributed by atoms with Crippen LogP contribution in [-0.2, 0) is 0 Å². The van der Waals surface area contributed by atoms with Crippen LogP contribution in [0.5, 0.6) is 5.75 Å². The van der Waals surface area contributed by atoms with E-state index in [1.165, 1.54) is 11.8 Å². The number of rotatable bonds is 5. The molecule has 0 aromatic heterocycles. The van der Waals surface area contributed by atoms with Crippen LogP contribution >= 0.6 is 0 Å². The summed E-state index contributed by atoms with van der Waals surface area (Å²) in [6.07, 6.45) is 4.59. The van der Waals surface area contributed by atoms with E-state index in [9.17, 15) is 0 Å². The maximum Gasteiger partial charge on any atom is 0.119 e. The summed E-state index contributed by atoms with van der Waals surface area (Å²) in [5.74, 6) is 0.832. The van der Waals surface area contributed by atoms with Gasteiger partial charge in [0.25, 0.3) is 0 Å². The van der Waals surface area contributed by atoms with Crippen molar-refractivity contribution in [2.24, 2.45) is 0 Å². The van der Waals surface area contributed by atoms with Crippen LogP contribution in [-0.4, -0.2) is 12.8 Å². The zero-order valence-electron chi connectivity index (χ0n) is 8.86. The van der Waals surface area contributed by atoms with Gasteiger partial charge >= 0.3 is 0 Å². The van der Waals surface area contributed by atoms with Crippen LogP contribution in [0.2, 0.25) is 0 Å². The first-order valence-electron chi connectivity index (χ1n) is 4.78. The molecule has 2 nitrogen and oxygen atoms in total. The summed E-state index contributed by atoms with van der Waals surface area (Å²) in [5.41, 5.74) is 2.10. The number of benzene rings is 1. The highest BCUT2D eigenvalue weighted by Crippen LogP contribution is 2.12. The molecule has 0 unspecified atom stereocenters. The Balaban J connectivity index is 2.56. The lowest BCUT2D eigenvalue weighted by atomic mass is 10.2. The first-order chi connectivity index (χ1) is 7.26.